The van der Waals surface area contributed by atoms with Crippen molar-refractivity contribution in [3.63, 3.8) is 0 Å². The zero-order valence-corrected chi connectivity index (χ0v) is 35.3. The van der Waals surface area contributed by atoms with Gasteiger partial charge in [0.2, 0.25) is 0 Å². The van der Waals surface area contributed by atoms with Gasteiger partial charge < -0.3 is 4.90 Å². The molecule has 300 valence electrons. The van der Waals surface area contributed by atoms with Gasteiger partial charge in [-0.15, -0.1) is 0 Å². The number of benzene rings is 11. The van der Waals surface area contributed by atoms with Crippen molar-refractivity contribution in [3.05, 3.63) is 283 Å². The van der Waals surface area contributed by atoms with Crippen LogP contribution in [0, 0.1) is 0 Å². The Bertz CT molecular complexity index is 3410. The van der Waals surface area contributed by atoms with E-state index in [4.69, 9.17) is 0 Å². The molecule has 1 nitrogen and oxygen atoms in total. The van der Waals surface area contributed by atoms with Gasteiger partial charge in [-0.2, -0.15) is 0 Å². The molecule has 11 aromatic rings. The summed E-state index contributed by atoms with van der Waals surface area (Å²) in [4.78, 5) is 2.44. The number of fused-ring (bicyclic) bond motifs is 6. The van der Waals surface area contributed by atoms with Gasteiger partial charge in [0, 0.05) is 16.9 Å². The number of anilines is 3. The molecular formula is C63H43N. The predicted molar refractivity (Wildman–Crippen MR) is 270 cm³/mol. The minimum atomic E-state index is -0.489. The molecule has 0 fully saturated rings. The number of nitrogens with zero attached hydrogens (tertiary/aromatic N) is 1. The van der Waals surface area contributed by atoms with Crippen LogP contribution in [0.3, 0.4) is 0 Å². The smallest absolute Gasteiger partial charge is 0.0714 e. The molecule has 0 N–H and O–H groups in total. The summed E-state index contributed by atoms with van der Waals surface area (Å²) in [6.07, 6.45) is 0. The Kier molecular flexibility index (Phi) is 9.13. The Hall–Kier alpha value is -8.26. The highest BCUT2D eigenvalue weighted by Crippen LogP contribution is 2.59. The van der Waals surface area contributed by atoms with E-state index in [1.165, 1.54) is 88.3 Å². The van der Waals surface area contributed by atoms with Crippen molar-refractivity contribution in [3.8, 4) is 44.5 Å². The molecule has 0 saturated carbocycles. The van der Waals surface area contributed by atoms with Crippen molar-refractivity contribution >= 4 is 38.6 Å². The summed E-state index contributed by atoms with van der Waals surface area (Å²) in [5, 5.41) is 5.02. The maximum Gasteiger partial charge on any atom is 0.0714 e. The zero-order chi connectivity index (χ0) is 42.5. The van der Waals surface area contributed by atoms with Crippen LogP contribution in [0.25, 0.3) is 66.1 Å². The van der Waals surface area contributed by atoms with E-state index in [-0.39, 0.29) is 0 Å². The number of para-hydroxylation sites is 1. The monoisotopic (exact) mass is 813 g/mol. The topological polar surface area (TPSA) is 3.24 Å². The molecule has 1 aliphatic rings. The number of hydrogen-bond donors (Lipinski definition) is 0. The molecule has 0 aromatic heterocycles. The summed E-state index contributed by atoms with van der Waals surface area (Å²) in [7, 11) is 0. The maximum absolute atomic E-state index is 2.44. The van der Waals surface area contributed by atoms with Crippen LogP contribution in [0.1, 0.15) is 22.3 Å². The van der Waals surface area contributed by atoms with Gasteiger partial charge in [0.05, 0.1) is 11.1 Å². The van der Waals surface area contributed by atoms with Crippen LogP contribution >= 0.6 is 0 Å². The lowest BCUT2D eigenvalue weighted by Gasteiger charge is -2.34. The van der Waals surface area contributed by atoms with E-state index in [0.29, 0.717) is 0 Å². The van der Waals surface area contributed by atoms with E-state index >= 15 is 0 Å². The summed E-state index contributed by atoms with van der Waals surface area (Å²) in [5.74, 6) is 0. The van der Waals surface area contributed by atoms with Crippen LogP contribution in [0.5, 0.6) is 0 Å². The van der Waals surface area contributed by atoms with E-state index < -0.39 is 5.41 Å². The number of hydrogen-bond acceptors (Lipinski definition) is 1. The Morgan fingerprint density at radius 1 is 0.266 bits per heavy atom. The summed E-state index contributed by atoms with van der Waals surface area (Å²) in [6, 6.07) is 95.7. The van der Waals surface area contributed by atoms with Crippen molar-refractivity contribution in [2.45, 2.75) is 5.41 Å². The average molecular weight is 814 g/mol. The highest BCUT2D eigenvalue weighted by molar-refractivity contribution is 6.22. The van der Waals surface area contributed by atoms with E-state index in [9.17, 15) is 0 Å². The van der Waals surface area contributed by atoms with Crippen LogP contribution in [0.4, 0.5) is 17.1 Å². The normalized spacial score (nSPS) is 12.5. The molecular weight excluding hydrogens is 771 g/mol. The van der Waals surface area contributed by atoms with E-state index in [2.05, 4.69) is 266 Å². The van der Waals surface area contributed by atoms with Gasteiger partial charge in [0.1, 0.15) is 0 Å². The zero-order valence-electron chi connectivity index (χ0n) is 35.3. The van der Waals surface area contributed by atoms with Crippen LogP contribution in [-0.4, -0.2) is 0 Å². The summed E-state index contributed by atoms with van der Waals surface area (Å²) >= 11 is 0. The fourth-order valence-electron chi connectivity index (χ4n) is 10.6. The molecule has 0 aliphatic heterocycles. The van der Waals surface area contributed by atoms with Gasteiger partial charge in [0.25, 0.3) is 0 Å². The van der Waals surface area contributed by atoms with Crippen molar-refractivity contribution in [2.75, 3.05) is 4.90 Å². The standard InChI is InChI=1S/C63H43N/c1-6-21-45(22-7-1)60-54-32-17-16-31-52(54)53-42-39-47(43-56(53)61(60)46-23-8-2-9-24-46)44-37-40-51(41-38-44)64(50-29-14-5-15-30-50)59-36-20-35-58-62(59)55-33-18-19-34-57(55)63(58,48-25-10-3-11-26-48)49-27-12-4-13-28-49/h1-43H. The van der Waals surface area contributed by atoms with Crippen molar-refractivity contribution < 1.29 is 0 Å². The van der Waals surface area contributed by atoms with Gasteiger partial charge in [-0.05, 0) is 119 Å². The first kappa shape index (κ1) is 37.5. The molecule has 0 bridgehead atoms. The molecule has 0 atom stereocenters. The molecule has 0 heterocycles. The third kappa shape index (κ3) is 5.93. The van der Waals surface area contributed by atoms with E-state index in [1.54, 1.807) is 0 Å². The molecule has 64 heavy (non-hydrogen) atoms. The molecule has 0 saturated heterocycles. The SMILES string of the molecule is c1ccc(-c2c(-c3ccccc3)c3cc(-c4ccc(N(c5ccccc5)c5cccc6c5-c5ccccc5C6(c5ccccc5)c5ccccc5)cc4)ccc3c3ccccc23)cc1. The molecule has 11 aromatic carbocycles. The Morgan fingerprint density at radius 3 is 1.38 bits per heavy atom. The first-order chi connectivity index (χ1) is 31.8. The lowest BCUT2D eigenvalue weighted by molar-refractivity contribution is 0.768. The Balaban J connectivity index is 1.04. The average Bonchev–Trinajstić information content (AvgIpc) is 3.69. The van der Waals surface area contributed by atoms with Gasteiger partial charge in [0.15, 0.2) is 0 Å². The van der Waals surface area contributed by atoms with Crippen LogP contribution in [0.2, 0.25) is 0 Å². The molecule has 1 aliphatic carbocycles. The molecule has 12 rings (SSSR count). The first-order valence-corrected chi connectivity index (χ1v) is 22.2. The quantitative estimate of drug-likeness (QED) is 0.138. The largest absolute Gasteiger partial charge is 0.310 e. The molecule has 0 unspecified atom stereocenters. The highest BCUT2D eigenvalue weighted by atomic mass is 15.1. The summed E-state index contributed by atoms with van der Waals surface area (Å²) in [6.45, 7) is 0. The Labute approximate surface area is 374 Å². The molecule has 1 heteroatoms. The summed E-state index contributed by atoms with van der Waals surface area (Å²) < 4.78 is 0. The van der Waals surface area contributed by atoms with Crippen LogP contribution in [-0.2, 0) is 5.41 Å². The van der Waals surface area contributed by atoms with Crippen LogP contribution in [0.15, 0.2) is 261 Å². The van der Waals surface area contributed by atoms with Crippen molar-refractivity contribution in [1.82, 2.24) is 0 Å². The maximum atomic E-state index is 2.44. The van der Waals surface area contributed by atoms with Gasteiger partial charge in [-0.25, -0.2) is 0 Å². The predicted octanol–water partition coefficient (Wildman–Crippen LogP) is 16.8. The fraction of sp³-hybridized carbons (Fsp3) is 0.0159. The highest BCUT2D eigenvalue weighted by Gasteiger charge is 2.47. The van der Waals surface area contributed by atoms with E-state index in [1.807, 2.05) is 0 Å². The summed E-state index contributed by atoms with van der Waals surface area (Å²) in [5.41, 5.74) is 17.8. The minimum Gasteiger partial charge on any atom is -0.310 e. The number of rotatable bonds is 8. The Morgan fingerprint density at radius 2 is 0.734 bits per heavy atom. The van der Waals surface area contributed by atoms with Gasteiger partial charge in [-0.1, -0.05) is 224 Å². The van der Waals surface area contributed by atoms with Crippen molar-refractivity contribution in [1.29, 1.82) is 0 Å². The fourth-order valence-corrected chi connectivity index (χ4v) is 10.6. The lowest BCUT2D eigenvalue weighted by Crippen LogP contribution is -2.28. The van der Waals surface area contributed by atoms with Crippen molar-refractivity contribution in [2.24, 2.45) is 0 Å². The second-order valence-electron chi connectivity index (χ2n) is 16.7. The van der Waals surface area contributed by atoms with Gasteiger partial charge in [-0.3, -0.25) is 0 Å². The second kappa shape index (κ2) is 15.6. The third-order valence-electron chi connectivity index (χ3n) is 13.3. The molecule has 0 spiro atoms. The van der Waals surface area contributed by atoms with E-state index in [0.717, 1.165) is 17.1 Å². The van der Waals surface area contributed by atoms with Gasteiger partial charge >= 0.3 is 0 Å². The minimum absolute atomic E-state index is 0.489. The van der Waals surface area contributed by atoms with Crippen LogP contribution < -0.4 is 4.90 Å². The lowest BCUT2D eigenvalue weighted by atomic mass is 9.68. The second-order valence-corrected chi connectivity index (χ2v) is 16.7. The first-order valence-electron chi connectivity index (χ1n) is 22.2. The third-order valence-corrected chi connectivity index (χ3v) is 13.3. The molecule has 0 amide bonds. The molecule has 0 radical (unpaired) electrons.